The number of para-hydroxylation sites is 1. The van der Waals surface area contributed by atoms with Gasteiger partial charge in [-0.05, 0) is 42.0 Å². The van der Waals surface area contributed by atoms with Gasteiger partial charge in [0, 0.05) is 17.8 Å². The molecule has 0 bridgehead atoms. The van der Waals surface area contributed by atoms with Crippen LogP contribution in [0.4, 0.5) is 10.1 Å². The average molecular weight is 418 g/mol. The summed E-state index contributed by atoms with van der Waals surface area (Å²) < 4.78 is 15.3. The fraction of sp³-hybridized carbons (Fsp3) is 0.0870. The molecule has 1 N–H and O–H groups in total. The van der Waals surface area contributed by atoms with Crippen molar-refractivity contribution in [3.05, 3.63) is 102 Å². The Morgan fingerprint density at radius 2 is 1.57 bits per heavy atom. The number of nitrogens with one attached hydrogen (secondary N) is 1. The summed E-state index contributed by atoms with van der Waals surface area (Å²) in [6, 6.07) is 25.4. The largest absolute Gasteiger partial charge is 0.325 e. The minimum atomic E-state index is -0.312. The Balaban J connectivity index is 1.56. The summed E-state index contributed by atoms with van der Waals surface area (Å²) >= 11 is 1.29. The van der Waals surface area contributed by atoms with Crippen molar-refractivity contribution < 1.29 is 9.18 Å². The summed E-state index contributed by atoms with van der Waals surface area (Å²) in [4.78, 5) is 12.3. The van der Waals surface area contributed by atoms with E-state index in [1.165, 1.54) is 23.9 Å². The quantitative estimate of drug-likeness (QED) is 0.441. The first-order chi connectivity index (χ1) is 14.7. The lowest BCUT2D eigenvalue weighted by molar-refractivity contribution is -0.113. The number of anilines is 1. The lowest BCUT2D eigenvalue weighted by Gasteiger charge is -2.10. The van der Waals surface area contributed by atoms with Crippen LogP contribution in [0.25, 0.3) is 5.69 Å². The Labute approximate surface area is 178 Å². The van der Waals surface area contributed by atoms with Crippen molar-refractivity contribution in [3.8, 4) is 5.69 Å². The molecule has 30 heavy (non-hydrogen) atoms. The zero-order valence-electron chi connectivity index (χ0n) is 16.0. The van der Waals surface area contributed by atoms with Crippen LogP contribution in [0.15, 0.2) is 90.1 Å². The van der Waals surface area contributed by atoms with Gasteiger partial charge in [-0.15, -0.1) is 10.2 Å². The van der Waals surface area contributed by atoms with Crippen molar-refractivity contribution in [2.75, 3.05) is 11.1 Å². The molecule has 4 rings (SSSR count). The number of rotatable bonds is 7. The molecule has 0 radical (unpaired) electrons. The van der Waals surface area contributed by atoms with Crippen molar-refractivity contribution in [3.63, 3.8) is 0 Å². The molecule has 1 heterocycles. The van der Waals surface area contributed by atoms with Gasteiger partial charge in [0.05, 0.1) is 5.75 Å². The molecule has 0 atom stereocenters. The minimum Gasteiger partial charge on any atom is -0.325 e. The molecule has 0 spiro atoms. The number of hydrogen-bond donors (Lipinski definition) is 1. The molecule has 0 saturated carbocycles. The number of amides is 1. The molecule has 4 aromatic rings. The lowest BCUT2D eigenvalue weighted by Crippen LogP contribution is -2.14. The Hall–Kier alpha value is -3.45. The first-order valence-electron chi connectivity index (χ1n) is 9.41. The molecular weight excluding hydrogens is 399 g/mol. The third-order valence-electron chi connectivity index (χ3n) is 4.38. The summed E-state index contributed by atoms with van der Waals surface area (Å²) in [5, 5.41) is 12.1. The van der Waals surface area contributed by atoms with Crippen LogP contribution in [-0.4, -0.2) is 26.4 Å². The normalized spacial score (nSPS) is 10.7. The van der Waals surface area contributed by atoms with Crippen molar-refractivity contribution in [1.29, 1.82) is 0 Å². The fourth-order valence-electron chi connectivity index (χ4n) is 2.98. The SMILES string of the molecule is O=C(CSc1nnc(Cc2ccccc2)n1-c1ccc(F)cc1)Nc1ccccc1. The number of thioether (sulfide) groups is 1. The average Bonchev–Trinajstić information content (AvgIpc) is 3.16. The van der Waals surface area contributed by atoms with Gasteiger partial charge in [0.15, 0.2) is 5.16 Å². The number of aromatic nitrogens is 3. The monoisotopic (exact) mass is 418 g/mol. The van der Waals surface area contributed by atoms with Gasteiger partial charge < -0.3 is 5.32 Å². The summed E-state index contributed by atoms with van der Waals surface area (Å²) in [6.07, 6.45) is 0.571. The standard InChI is InChI=1S/C23H19FN4OS/c24-18-11-13-20(14-12-18)28-21(15-17-7-3-1-4-8-17)26-27-23(28)30-16-22(29)25-19-9-5-2-6-10-19/h1-14H,15-16H2,(H,25,29). The molecule has 0 fully saturated rings. The Bertz CT molecular complexity index is 1120. The maximum atomic E-state index is 13.4. The first-order valence-corrected chi connectivity index (χ1v) is 10.4. The van der Waals surface area contributed by atoms with Crippen molar-refractivity contribution in [2.45, 2.75) is 11.6 Å². The number of halogens is 1. The molecule has 0 saturated heterocycles. The second-order valence-corrected chi connectivity index (χ2v) is 7.52. The van der Waals surface area contributed by atoms with E-state index in [0.717, 1.165) is 22.8 Å². The smallest absolute Gasteiger partial charge is 0.234 e. The van der Waals surface area contributed by atoms with E-state index in [2.05, 4.69) is 15.5 Å². The van der Waals surface area contributed by atoms with Crippen LogP contribution < -0.4 is 5.32 Å². The Kier molecular flexibility index (Phi) is 6.20. The van der Waals surface area contributed by atoms with Gasteiger partial charge >= 0.3 is 0 Å². The van der Waals surface area contributed by atoms with Crippen molar-refractivity contribution in [2.24, 2.45) is 0 Å². The third kappa shape index (κ3) is 4.93. The maximum absolute atomic E-state index is 13.4. The molecule has 7 heteroatoms. The molecule has 5 nitrogen and oxygen atoms in total. The second kappa shape index (κ2) is 9.37. The van der Waals surface area contributed by atoms with Gasteiger partial charge in [0.25, 0.3) is 0 Å². The van der Waals surface area contributed by atoms with Crippen LogP contribution in [0, 0.1) is 5.82 Å². The fourth-order valence-corrected chi connectivity index (χ4v) is 3.76. The summed E-state index contributed by atoms with van der Waals surface area (Å²) in [5.41, 5.74) is 2.58. The molecule has 1 amide bonds. The summed E-state index contributed by atoms with van der Waals surface area (Å²) in [6.45, 7) is 0. The van der Waals surface area contributed by atoms with E-state index >= 15 is 0 Å². The molecule has 0 aliphatic heterocycles. The van der Waals surface area contributed by atoms with Crippen LogP contribution in [0.5, 0.6) is 0 Å². The predicted molar refractivity (Wildman–Crippen MR) is 116 cm³/mol. The maximum Gasteiger partial charge on any atom is 0.234 e. The Morgan fingerprint density at radius 3 is 2.27 bits per heavy atom. The molecule has 1 aromatic heterocycles. The van der Waals surface area contributed by atoms with Gasteiger partial charge in [-0.1, -0.05) is 60.3 Å². The number of nitrogens with zero attached hydrogens (tertiary/aromatic N) is 3. The van der Waals surface area contributed by atoms with Crippen LogP contribution in [0.2, 0.25) is 0 Å². The van der Waals surface area contributed by atoms with Gasteiger partial charge in [0.1, 0.15) is 11.6 Å². The number of hydrogen-bond acceptors (Lipinski definition) is 4. The second-order valence-electron chi connectivity index (χ2n) is 6.58. The third-order valence-corrected chi connectivity index (χ3v) is 5.31. The molecule has 150 valence electrons. The van der Waals surface area contributed by atoms with Crippen LogP contribution >= 0.6 is 11.8 Å². The molecule has 0 unspecified atom stereocenters. The molecule has 3 aromatic carbocycles. The molecular formula is C23H19FN4OS. The first kappa shape index (κ1) is 19.8. The van der Waals surface area contributed by atoms with Gasteiger partial charge in [-0.25, -0.2) is 4.39 Å². The summed E-state index contributed by atoms with van der Waals surface area (Å²) in [7, 11) is 0. The van der Waals surface area contributed by atoms with Crippen molar-refractivity contribution >= 4 is 23.4 Å². The van der Waals surface area contributed by atoms with E-state index in [-0.39, 0.29) is 17.5 Å². The van der Waals surface area contributed by atoms with Crippen LogP contribution in [-0.2, 0) is 11.2 Å². The summed E-state index contributed by atoms with van der Waals surface area (Å²) in [5.74, 6) is 0.454. The number of carbonyl (C=O) groups is 1. The highest BCUT2D eigenvalue weighted by Crippen LogP contribution is 2.24. The van der Waals surface area contributed by atoms with E-state index in [1.54, 1.807) is 12.1 Å². The number of carbonyl (C=O) groups excluding carboxylic acids is 1. The highest BCUT2D eigenvalue weighted by Gasteiger charge is 2.16. The Morgan fingerprint density at radius 1 is 0.900 bits per heavy atom. The van der Waals surface area contributed by atoms with E-state index < -0.39 is 0 Å². The van der Waals surface area contributed by atoms with Crippen LogP contribution in [0.1, 0.15) is 11.4 Å². The molecule has 0 aliphatic rings. The lowest BCUT2D eigenvalue weighted by atomic mass is 10.1. The minimum absolute atomic E-state index is 0.135. The van der Waals surface area contributed by atoms with Crippen molar-refractivity contribution in [1.82, 2.24) is 14.8 Å². The van der Waals surface area contributed by atoms with E-state index in [0.29, 0.717) is 11.6 Å². The van der Waals surface area contributed by atoms with Crippen LogP contribution in [0.3, 0.4) is 0 Å². The van der Waals surface area contributed by atoms with E-state index in [1.807, 2.05) is 65.2 Å². The highest BCUT2D eigenvalue weighted by molar-refractivity contribution is 7.99. The van der Waals surface area contributed by atoms with Gasteiger partial charge in [-0.3, -0.25) is 9.36 Å². The van der Waals surface area contributed by atoms with E-state index in [9.17, 15) is 9.18 Å². The number of benzene rings is 3. The van der Waals surface area contributed by atoms with E-state index in [4.69, 9.17) is 0 Å². The van der Waals surface area contributed by atoms with Gasteiger partial charge in [0.2, 0.25) is 5.91 Å². The van der Waals surface area contributed by atoms with Gasteiger partial charge in [-0.2, -0.15) is 0 Å². The topological polar surface area (TPSA) is 59.8 Å². The predicted octanol–water partition coefficient (Wildman–Crippen LogP) is 4.73. The highest BCUT2D eigenvalue weighted by atomic mass is 32.2. The molecule has 0 aliphatic carbocycles. The zero-order chi connectivity index (χ0) is 20.8. The zero-order valence-corrected chi connectivity index (χ0v) is 16.8.